The van der Waals surface area contributed by atoms with Crippen LogP contribution in [0.15, 0.2) is 0 Å². The van der Waals surface area contributed by atoms with E-state index >= 15 is 0 Å². The second-order valence-electron chi connectivity index (χ2n) is 2.56. The number of alkyl halides is 7. The lowest BCUT2D eigenvalue weighted by Gasteiger charge is -2.26. The van der Waals surface area contributed by atoms with Crippen molar-refractivity contribution in [2.45, 2.75) is 31.8 Å². The van der Waals surface area contributed by atoms with Crippen LogP contribution in [0.1, 0.15) is 0 Å². The van der Waals surface area contributed by atoms with Crippen LogP contribution in [0.4, 0.5) is 0 Å². The summed E-state index contributed by atoms with van der Waals surface area (Å²) in [6.07, 6.45) is 0. The molecule has 0 spiro atoms. The SMILES string of the molecule is NC(Cl)C(Cl)C(Cl)C(Cl)C(Cl)C(Cl)Cl. The van der Waals surface area contributed by atoms with Gasteiger partial charge in [-0.2, -0.15) is 0 Å². The molecule has 0 rings (SSSR count). The van der Waals surface area contributed by atoms with Gasteiger partial charge in [-0.3, -0.25) is 0 Å². The zero-order valence-electron chi connectivity index (χ0n) is 6.69. The van der Waals surface area contributed by atoms with Crippen LogP contribution in [0.3, 0.4) is 0 Å². The summed E-state index contributed by atoms with van der Waals surface area (Å²) in [6, 6.07) is 0. The van der Waals surface area contributed by atoms with Crippen LogP contribution in [0, 0.1) is 0 Å². The maximum Gasteiger partial charge on any atom is 0.125 e. The number of nitrogens with two attached hydrogens (primary N) is 1. The number of rotatable bonds is 5. The van der Waals surface area contributed by atoms with Crippen molar-refractivity contribution < 1.29 is 0 Å². The van der Waals surface area contributed by atoms with Crippen LogP contribution >= 0.6 is 81.2 Å². The molecule has 0 aliphatic rings. The highest BCUT2D eigenvalue weighted by molar-refractivity contribution is 6.50. The van der Waals surface area contributed by atoms with E-state index in [1.54, 1.807) is 0 Å². The van der Waals surface area contributed by atoms with Gasteiger partial charge >= 0.3 is 0 Å². The molecular weight excluding hydrogens is 334 g/mol. The van der Waals surface area contributed by atoms with E-state index in [2.05, 4.69) is 0 Å². The molecule has 0 aromatic heterocycles. The molecule has 8 heteroatoms. The fraction of sp³-hybridized carbons (Fsp3) is 1.00. The van der Waals surface area contributed by atoms with Gasteiger partial charge in [0.2, 0.25) is 0 Å². The molecule has 0 amide bonds. The van der Waals surface area contributed by atoms with Crippen LogP contribution in [0.5, 0.6) is 0 Å². The lowest BCUT2D eigenvalue weighted by Crippen LogP contribution is -2.41. The van der Waals surface area contributed by atoms with Gasteiger partial charge in [-0.1, -0.05) is 0 Å². The maximum absolute atomic E-state index is 5.89. The molecule has 0 heterocycles. The van der Waals surface area contributed by atoms with Crippen molar-refractivity contribution in [1.82, 2.24) is 0 Å². The van der Waals surface area contributed by atoms with Crippen molar-refractivity contribution in [2.24, 2.45) is 5.73 Å². The molecular formula is C6H8Cl7N. The summed E-state index contributed by atoms with van der Waals surface area (Å²) in [5.41, 5.74) is 4.52. The number of hydrogen-bond acceptors (Lipinski definition) is 1. The summed E-state index contributed by atoms with van der Waals surface area (Å²) in [6.45, 7) is 0. The topological polar surface area (TPSA) is 26.0 Å². The molecule has 0 aromatic carbocycles. The highest BCUT2D eigenvalue weighted by Gasteiger charge is 2.35. The van der Waals surface area contributed by atoms with Crippen LogP contribution in [0.2, 0.25) is 0 Å². The zero-order valence-corrected chi connectivity index (χ0v) is 12.0. The van der Waals surface area contributed by atoms with Crippen LogP contribution < -0.4 is 5.73 Å². The van der Waals surface area contributed by atoms with E-state index < -0.39 is 31.8 Å². The number of halogens is 7. The average Bonchev–Trinajstić information content (AvgIpc) is 2.12. The first-order valence-corrected chi connectivity index (χ1v) is 6.58. The van der Waals surface area contributed by atoms with Gasteiger partial charge < -0.3 is 5.73 Å². The first-order chi connectivity index (χ1) is 6.29. The maximum atomic E-state index is 5.89. The Morgan fingerprint density at radius 1 is 0.571 bits per heavy atom. The molecule has 0 aromatic rings. The minimum Gasteiger partial charge on any atom is -0.314 e. The van der Waals surface area contributed by atoms with Crippen molar-refractivity contribution in [2.75, 3.05) is 0 Å². The minimum atomic E-state index is -0.837. The highest BCUT2D eigenvalue weighted by atomic mass is 35.5. The van der Waals surface area contributed by atoms with Crippen molar-refractivity contribution in [3.05, 3.63) is 0 Å². The van der Waals surface area contributed by atoms with Crippen LogP contribution in [0.25, 0.3) is 0 Å². The Kier molecular flexibility index (Phi) is 8.39. The quantitative estimate of drug-likeness (QED) is 0.598. The molecule has 2 N–H and O–H groups in total. The van der Waals surface area contributed by atoms with Crippen molar-refractivity contribution in [3.8, 4) is 0 Å². The average molecular weight is 342 g/mol. The first kappa shape index (κ1) is 16.0. The molecule has 0 fully saturated rings. The van der Waals surface area contributed by atoms with Gasteiger partial charge in [0.25, 0.3) is 0 Å². The Bertz CT molecular complexity index is 146. The van der Waals surface area contributed by atoms with E-state index in [1.165, 1.54) is 0 Å². The Hall–Kier alpha value is 1.99. The summed E-state index contributed by atoms with van der Waals surface area (Å²) in [5.74, 6) is 0. The third kappa shape index (κ3) is 4.88. The lowest BCUT2D eigenvalue weighted by molar-refractivity contribution is 0.671. The van der Waals surface area contributed by atoms with Gasteiger partial charge in [-0.15, -0.1) is 81.2 Å². The van der Waals surface area contributed by atoms with Crippen LogP contribution in [-0.4, -0.2) is 31.8 Å². The van der Waals surface area contributed by atoms with E-state index in [0.717, 1.165) is 0 Å². The summed E-state index contributed by atoms with van der Waals surface area (Å²) in [7, 11) is 0. The van der Waals surface area contributed by atoms with Gasteiger partial charge in [0.1, 0.15) is 4.84 Å². The zero-order chi connectivity index (χ0) is 11.5. The fourth-order valence-corrected chi connectivity index (χ4v) is 2.44. The Labute approximate surface area is 118 Å². The van der Waals surface area contributed by atoms with E-state index in [4.69, 9.17) is 86.9 Å². The summed E-state index contributed by atoms with van der Waals surface area (Å²) >= 11 is 40.0. The third-order valence-electron chi connectivity index (χ3n) is 1.46. The first-order valence-electron chi connectivity index (χ1n) is 3.53. The minimum absolute atomic E-state index is 0.714. The van der Waals surface area contributed by atoms with Gasteiger partial charge in [0.05, 0.1) is 27.0 Å². The normalized spacial score (nSPS) is 22.9. The Morgan fingerprint density at radius 3 is 1.21 bits per heavy atom. The second kappa shape index (κ2) is 7.34. The molecule has 0 saturated heterocycles. The second-order valence-corrected chi connectivity index (χ2v) is 6.24. The van der Waals surface area contributed by atoms with E-state index in [0.29, 0.717) is 0 Å². The standard InChI is InChI=1S/C6H8Cl7N/c7-1(3(9)5(11)12)2(8)4(10)6(13)14/h1-6H,14H2. The van der Waals surface area contributed by atoms with Gasteiger partial charge in [-0.25, -0.2) is 0 Å². The van der Waals surface area contributed by atoms with E-state index in [-0.39, 0.29) is 0 Å². The molecule has 1 nitrogen and oxygen atoms in total. The molecule has 5 atom stereocenters. The molecule has 0 radical (unpaired) electrons. The molecule has 14 heavy (non-hydrogen) atoms. The third-order valence-corrected chi connectivity index (χ3v) is 5.20. The van der Waals surface area contributed by atoms with Gasteiger partial charge in [0, 0.05) is 0 Å². The van der Waals surface area contributed by atoms with Crippen LogP contribution in [-0.2, 0) is 0 Å². The Morgan fingerprint density at radius 2 is 0.929 bits per heavy atom. The van der Waals surface area contributed by atoms with Gasteiger partial charge in [0.15, 0.2) is 0 Å². The summed E-state index contributed by atoms with van der Waals surface area (Å²) in [5, 5.41) is -2.87. The smallest absolute Gasteiger partial charge is 0.125 e. The van der Waals surface area contributed by atoms with Crippen molar-refractivity contribution >= 4 is 81.2 Å². The predicted molar refractivity (Wildman–Crippen MR) is 67.9 cm³/mol. The Balaban J connectivity index is 4.30. The highest BCUT2D eigenvalue weighted by Crippen LogP contribution is 2.30. The molecule has 0 saturated carbocycles. The summed E-state index contributed by atoms with van der Waals surface area (Å²) in [4.78, 5) is -0.837. The lowest BCUT2D eigenvalue weighted by atomic mass is 10.2. The summed E-state index contributed by atoms with van der Waals surface area (Å²) < 4.78 is 0. The van der Waals surface area contributed by atoms with Crippen molar-refractivity contribution in [3.63, 3.8) is 0 Å². The molecule has 0 bridgehead atoms. The fourth-order valence-electron chi connectivity index (χ4n) is 0.666. The van der Waals surface area contributed by atoms with Crippen molar-refractivity contribution in [1.29, 1.82) is 0 Å². The monoisotopic (exact) mass is 339 g/mol. The molecule has 0 aliphatic carbocycles. The van der Waals surface area contributed by atoms with E-state index in [1.807, 2.05) is 0 Å². The number of hydrogen-bond donors (Lipinski definition) is 1. The predicted octanol–water partition coefficient (Wildman–Crippen LogP) is 3.74. The van der Waals surface area contributed by atoms with E-state index in [9.17, 15) is 0 Å². The van der Waals surface area contributed by atoms with Gasteiger partial charge in [-0.05, 0) is 0 Å². The molecule has 5 unspecified atom stereocenters. The largest absolute Gasteiger partial charge is 0.314 e. The molecule has 86 valence electrons. The molecule has 0 aliphatic heterocycles.